The Balaban J connectivity index is 1.09. The van der Waals surface area contributed by atoms with Crippen molar-refractivity contribution in [2.24, 2.45) is 5.92 Å². The molecular formula is C45H49Cl2N5O6. The molecule has 2 atom stereocenters. The molecule has 4 aromatic carbocycles. The summed E-state index contributed by atoms with van der Waals surface area (Å²) in [6, 6.07) is 23.9. The van der Waals surface area contributed by atoms with Crippen molar-refractivity contribution >= 4 is 52.1 Å². The lowest BCUT2D eigenvalue weighted by atomic mass is 9.96. The van der Waals surface area contributed by atoms with E-state index < -0.39 is 11.7 Å². The van der Waals surface area contributed by atoms with Gasteiger partial charge < -0.3 is 24.4 Å². The fourth-order valence-corrected chi connectivity index (χ4v) is 8.44. The van der Waals surface area contributed by atoms with E-state index in [2.05, 4.69) is 10.2 Å². The van der Waals surface area contributed by atoms with Gasteiger partial charge in [0.05, 0.1) is 43.4 Å². The summed E-state index contributed by atoms with van der Waals surface area (Å²) in [5, 5.41) is 9.92. The summed E-state index contributed by atoms with van der Waals surface area (Å²) >= 11 is 14.1. The molecule has 0 aliphatic carbocycles. The quantitative estimate of drug-likeness (QED) is 0.124. The molecule has 0 radical (unpaired) electrons. The predicted molar refractivity (Wildman–Crippen MR) is 226 cm³/mol. The fraction of sp³-hybridized carbons (Fsp3) is 0.378. The molecule has 5 aromatic rings. The van der Waals surface area contributed by atoms with Gasteiger partial charge in [-0.3, -0.25) is 19.2 Å². The van der Waals surface area contributed by atoms with Gasteiger partial charge in [-0.1, -0.05) is 77.8 Å². The van der Waals surface area contributed by atoms with E-state index in [9.17, 15) is 14.4 Å². The molecule has 2 saturated heterocycles. The molecule has 2 amide bonds. The number of rotatable bonds is 12. The molecule has 11 nitrogen and oxygen atoms in total. The highest BCUT2D eigenvalue weighted by molar-refractivity contribution is 6.36. The lowest BCUT2D eigenvalue weighted by Crippen LogP contribution is -2.43. The maximum Gasteiger partial charge on any atom is 0.410 e. The number of esters is 1. The highest BCUT2D eigenvalue weighted by Gasteiger charge is 2.30. The molecule has 0 saturated carbocycles. The number of ether oxygens (including phenoxy) is 3. The monoisotopic (exact) mass is 825 g/mol. The molecule has 3 heterocycles. The third-order valence-electron chi connectivity index (χ3n) is 10.8. The maximum atomic E-state index is 13.2. The Morgan fingerprint density at radius 3 is 2.38 bits per heavy atom. The number of fused-ring (bicyclic) bond motifs is 1. The van der Waals surface area contributed by atoms with Crippen LogP contribution in [-0.2, 0) is 38.7 Å². The number of hydrogen-bond donors (Lipinski definition) is 1. The molecule has 0 spiro atoms. The van der Waals surface area contributed by atoms with Crippen molar-refractivity contribution in [2.45, 2.75) is 71.3 Å². The molecule has 2 aliphatic rings. The van der Waals surface area contributed by atoms with E-state index in [-0.39, 0.29) is 23.8 Å². The van der Waals surface area contributed by atoms with E-state index in [0.717, 1.165) is 68.6 Å². The van der Waals surface area contributed by atoms with E-state index >= 15 is 0 Å². The minimum Gasteiger partial charge on any atom is -0.496 e. The number of nitrogens with one attached hydrogen (secondary N) is 1. The van der Waals surface area contributed by atoms with Crippen molar-refractivity contribution < 1.29 is 28.6 Å². The normalized spacial score (nSPS) is 17.1. The highest BCUT2D eigenvalue weighted by Crippen LogP contribution is 2.40. The molecule has 0 unspecified atom stereocenters. The second-order valence-electron chi connectivity index (χ2n) is 16.1. The molecule has 1 N–H and O–H groups in total. The van der Waals surface area contributed by atoms with Crippen LogP contribution in [0.1, 0.15) is 56.7 Å². The lowest BCUT2D eigenvalue weighted by Gasteiger charge is -2.29. The molecule has 304 valence electrons. The SMILES string of the molecule is COC(=O)[C@@H]1CCN(Cc2cc(Cl)c(Cn3ncc4c(-c5cccc(-c6ccc(CN(C[C@@H]7CCC(=O)N7)C(=O)OC(C)(C)C)cc6)c5Cl)cccc43)cc2OC)C1. The summed E-state index contributed by atoms with van der Waals surface area (Å²) in [5.74, 6) is 0.438. The van der Waals surface area contributed by atoms with Crippen LogP contribution in [0.25, 0.3) is 33.2 Å². The van der Waals surface area contributed by atoms with Gasteiger partial charge in [0.1, 0.15) is 11.4 Å². The van der Waals surface area contributed by atoms with Crippen molar-refractivity contribution in [3.8, 4) is 28.0 Å². The van der Waals surface area contributed by atoms with Crippen molar-refractivity contribution in [1.82, 2.24) is 24.9 Å². The van der Waals surface area contributed by atoms with Crippen molar-refractivity contribution in [3.05, 3.63) is 106 Å². The third kappa shape index (κ3) is 9.27. The minimum atomic E-state index is -0.647. The molecule has 7 rings (SSSR count). The Kier molecular flexibility index (Phi) is 12.3. The van der Waals surface area contributed by atoms with Crippen molar-refractivity contribution in [1.29, 1.82) is 0 Å². The maximum absolute atomic E-state index is 13.2. The van der Waals surface area contributed by atoms with Crippen LogP contribution in [0.2, 0.25) is 10.0 Å². The Bertz CT molecular complexity index is 2320. The molecule has 58 heavy (non-hydrogen) atoms. The second-order valence-corrected chi connectivity index (χ2v) is 16.9. The summed E-state index contributed by atoms with van der Waals surface area (Å²) in [7, 11) is 3.08. The van der Waals surface area contributed by atoms with Gasteiger partial charge in [0.15, 0.2) is 0 Å². The summed E-state index contributed by atoms with van der Waals surface area (Å²) in [4.78, 5) is 41.0. The van der Waals surface area contributed by atoms with Gasteiger partial charge in [-0.15, -0.1) is 0 Å². The lowest BCUT2D eigenvalue weighted by molar-refractivity contribution is -0.145. The number of nitrogens with zero attached hydrogens (tertiary/aromatic N) is 4. The standard InChI is InChI=1S/C45H49Cl2N5O6/c1-45(2,3)58-44(55)51(27-33-16-17-41(53)49-33)23-28-12-14-29(15-13-28)34-8-6-10-36(42(34)47)35-9-7-11-39-37(35)22-48-52(39)26-31-21-40(56-4)32(20-38(31)46)25-50-19-18-30(24-50)43(54)57-5/h6-15,20-22,30,33H,16-19,23-27H2,1-5H3,(H,49,53)/t30-,33+/m1/s1. The zero-order valence-electron chi connectivity index (χ0n) is 33.5. The average Bonchev–Trinajstić information content (AvgIpc) is 3.95. The first-order valence-electron chi connectivity index (χ1n) is 19.6. The predicted octanol–water partition coefficient (Wildman–Crippen LogP) is 8.74. The number of amides is 2. The topological polar surface area (TPSA) is 115 Å². The van der Waals surface area contributed by atoms with Gasteiger partial charge in [0.2, 0.25) is 5.91 Å². The van der Waals surface area contributed by atoms with Crippen LogP contribution in [-0.4, -0.2) is 83.0 Å². The number of benzene rings is 4. The highest BCUT2D eigenvalue weighted by atomic mass is 35.5. The molecule has 13 heteroatoms. The molecule has 2 fully saturated rings. The van der Waals surface area contributed by atoms with E-state index in [1.165, 1.54) is 7.11 Å². The largest absolute Gasteiger partial charge is 0.496 e. The van der Waals surface area contributed by atoms with Gasteiger partial charge in [-0.05, 0) is 80.6 Å². The number of aromatic nitrogens is 2. The van der Waals surface area contributed by atoms with Crippen LogP contribution in [0.5, 0.6) is 5.75 Å². The fourth-order valence-electron chi connectivity index (χ4n) is 7.86. The van der Waals surface area contributed by atoms with Crippen molar-refractivity contribution in [3.63, 3.8) is 0 Å². The average molecular weight is 827 g/mol. The van der Waals surface area contributed by atoms with E-state index in [1.807, 2.05) is 104 Å². The van der Waals surface area contributed by atoms with Gasteiger partial charge in [0.25, 0.3) is 0 Å². The Labute approximate surface area is 349 Å². The number of carbonyl (C=O) groups is 3. The first kappa shape index (κ1) is 41.1. The van der Waals surface area contributed by atoms with E-state index in [1.54, 1.807) is 12.0 Å². The summed E-state index contributed by atoms with van der Waals surface area (Å²) in [6.07, 6.45) is 3.35. The van der Waals surface area contributed by atoms with Gasteiger partial charge >= 0.3 is 12.1 Å². The van der Waals surface area contributed by atoms with Gasteiger partial charge in [-0.2, -0.15) is 5.10 Å². The summed E-state index contributed by atoms with van der Waals surface area (Å²) in [6.45, 7) is 8.70. The number of hydrogen-bond acceptors (Lipinski definition) is 8. The van der Waals surface area contributed by atoms with Crippen LogP contribution in [0, 0.1) is 5.92 Å². The summed E-state index contributed by atoms with van der Waals surface area (Å²) in [5.41, 5.74) is 6.68. The first-order chi connectivity index (χ1) is 27.8. The van der Waals surface area contributed by atoms with E-state index in [0.29, 0.717) is 55.6 Å². The Morgan fingerprint density at radius 2 is 1.67 bits per heavy atom. The smallest absolute Gasteiger partial charge is 0.410 e. The van der Waals surface area contributed by atoms with Gasteiger partial charge in [0, 0.05) is 65.7 Å². The number of carbonyl (C=O) groups excluding carboxylic acids is 3. The van der Waals surface area contributed by atoms with Crippen LogP contribution < -0.4 is 10.1 Å². The molecule has 2 aliphatic heterocycles. The van der Waals surface area contributed by atoms with Crippen LogP contribution in [0.4, 0.5) is 4.79 Å². The molecular weight excluding hydrogens is 777 g/mol. The number of halogens is 2. The van der Waals surface area contributed by atoms with Crippen LogP contribution in [0.3, 0.4) is 0 Å². The number of methoxy groups -OCH3 is 2. The molecule has 0 bridgehead atoms. The molecule has 1 aromatic heterocycles. The van der Waals surface area contributed by atoms with Gasteiger partial charge in [-0.25, -0.2) is 4.79 Å². The Morgan fingerprint density at radius 1 is 0.931 bits per heavy atom. The van der Waals surface area contributed by atoms with Crippen molar-refractivity contribution in [2.75, 3.05) is 33.9 Å². The summed E-state index contributed by atoms with van der Waals surface area (Å²) < 4.78 is 18.4. The third-order valence-corrected chi connectivity index (χ3v) is 11.5. The Hall–Kier alpha value is -5.10. The second kappa shape index (κ2) is 17.4. The zero-order valence-corrected chi connectivity index (χ0v) is 35.0. The van der Waals surface area contributed by atoms with Crippen LogP contribution in [0.15, 0.2) is 79.0 Å². The zero-order chi connectivity index (χ0) is 41.1. The van der Waals surface area contributed by atoms with Crippen LogP contribution >= 0.6 is 23.2 Å². The minimum absolute atomic E-state index is 0.00217. The van der Waals surface area contributed by atoms with E-state index in [4.69, 9.17) is 42.5 Å². The first-order valence-corrected chi connectivity index (χ1v) is 20.3. The number of likely N-dealkylation sites (tertiary alicyclic amines) is 1.